The van der Waals surface area contributed by atoms with E-state index < -0.39 is 76.7 Å². The minimum Gasteiger partial charge on any atom is -0.508 e. The van der Waals surface area contributed by atoms with Crippen LogP contribution < -0.4 is 27.8 Å². The van der Waals surface area contributed by atoms with Crippen molar-refractivity contribution in [3.05, 3.63) is 171 Å². The monoisotopic (exact) mass is 1090 g/mol. The molecule has 0 saturated heterocycles. The summed E-state index contributed by atoms with van der Waals surface area (Å²) < 4.78 is 6.29. The predicted molar refractivity (Wildman–Crippen MR) is 309 cm³/mol. The number of phenolic OH excluding ortho intramolecular Hbond substituents is 1. The van der Waals surface area contributed by atoms with Gasteiger partial charge in [0.25, 0.3) is 0 Å². The Hall–Kier alpha value is -6.45. The standard InChI is InChI=1S/C65H80N6O9/c1-38-9-5-6-28-80-37-46-31-43(29-39(2)54(74)21-14-38)22-25-64(46)26-27-65(61(64)78)53-20-19-48(73)32-41-10-7-11-42(30-41)33-51(52(35-70-62(67)68)44-15-17-47(72)18-16-44)56(76)36-69-58-57-45(12-8-13-50(57)59(66)71-60(58)77)34-55(75)40(3)49(53)23-24-63(65,4)79/h7-8,10-18,22,25,29-31,48,51-54,56,58-59,61,69,72-74,76,78-79H,2,9,19-21,23-24,26-28,32-37,66H2,1,3-4H3,(H,71,77)(H4,67,68,70). The third-order valence-electron chi connectivity index (χ3n) is 18.5. The van der Waals surface area contributed by atoms with E-state index in [0.717, 1.165) is 39.0 Å². The molecule has 3 aliphatic carbocycles. The summed E-state index contributed by atoms with van der Waals surface area (Å²) in [4.78, 5) is 33.9. The van der Waals surface area contributed by atoms with E-state index in [9.17, 15) is 35.4 Å². The summed E-state index contributed by atoms with van der Waals surface area (Å²) in [6.45, 7) is 10.2. The number of phenols is 1. The molecule has 2 spiro atoms. The Kier molecular flexibility index (Phi) is 17.7. The van der Waals surface area contributed by atoms with E-state index in [1.165, 1.54) is 0 Å². The maximum atomic E-state index is 15.2. The van der Waals surface area contributed by atoms with Crippen molar-refractivity contribution in [2.45, 2.75) is 140 Å². The van der Waals surface area contributed by atoms with Crippen molar-refractivity contribution in [1.82, 2.24) is 10.6 Å². The summed E-state index contributed by atoms with van der Waals surface area (Å²) in [6.07, 6.45) is 8.51. The van der Waals surface area contributed by atoms with Crippen molar-refractivity contribution in [2.24, 2.45) is 44.9 Å². The maximum Gasteiger partial charge on any atom is 0.243 e. The molecule has 3 aromatic rings. The lowest BCUT2D eigenvalue weighted by Gasteiger charge is -2.57. The Morgan fingerprint density at radius 3 is 2.46 bits per heavy atom. The van der Waals surface area contributed by atoms with Crippen molar-refractivity contribution in [1.29, 1.82) is 0 Å². The van der Waals surface area contributed by atoms with Gasteiger partial charge in [-0.25, -0.2) is 0 Å². The Labute approximate surface area is 470 Å². The Bertz CT molecular complexity index is 3100. The molecule has 9 rings (SSSR count). The minimum absolute atomic E-state index is 0.0646. The highest BCUT2D eigenvalue weighted by atomic mass is 16.5. The van der Waals surface area contributed by atoms with E-state index in [1.54, 1.807) is 24.3 Å². The summed E-state index contributed by atoms with van der Waals surface area (Å²) in [7, 11) is 0. The number of Topliss-reactive ketones (excluding diaryl/α,β-unsaturated/α-hetero) is 1. The number of carbonyl (C=O) groups excluding carboxylic acids is 2. The molecule has 15 nitrogen and oxygen atoms in total. The van der Waals surface area contributed by atoms with Gasteiger partial charge in [0, 0.05) is 42.7 Å². The van der Waals surface area contributed by atoms with Gasteiger partial charge in [0.1, 0.15) is 24.6 Å². The molecule has 2 fully saturated rings. The van der Waals surface area contributed by atoms with Crippen molar-refractivity contribution >= 4 is 17.6 Å². The molecule has 6 aliphatic rings. The summed E-state index contributed by atoms with van der Waals surface area (Å²) in [5.41, 5.74) is 23.6. The lowest BCUT2D eigenvalue weighted by atomic mass is 9.51. The highest BCUT2D eigenvalue weighted by Gasteiger charge is 2.68. The molecule has 3 heterocycles. The van der Waals surface area contributed by atoms with Gasteiger partial charge in [-0.15, -0.1) is 0 Å². The topological polar surface area (TPSA) is 279 Å². The van der Waals surface area contributed by atoms with Gasteiger partial charge < -0.3 is 57.9 Å². The molecule has 0 radical (unpaired) electrons. The van der Waals surface area contributed by atoms with Gasteiger partial charge in [0.05, 0.1) is 36.6 Å². The number of benzene rings is 3. The molecule has 3 aromatic carbocycles. The smallest absolute Gasteiger partial charge is 0.243 e. The number of aliphatic hydroxyl groups is 5. The molecule has 2 saturated carbocycles. The van der Waals surface area contributed by atoms with Crippen molar-refractivity contribution in [3.63, 3.8) is 0 Å². The zero-order valence-corrected chi connectivity index (χ0v) is 46.3. The molecule has 1 amide bonds. The van der Waals surface area contributed by atoms with E-state index in [4.69, 9.17) is 21.9 Å². The number of carbonyl (C=O) groups is 2. The largest absolute Gasteiger partial charge is 0.508 e. The number of allylic oxidation sites excluding steroid dienone is 6. The number of nitrogens with zero attached hydrogens (tertiary/aromatic N) is 1. The fraction of sp³-hybridized carbons (Fsp3) is 0.462. The third kappa shape index (κ3) is 12.0. The molecular formula is C65H80N6O9. The first-order valence-electron chi connectivity index (χ1n) is 28.2. The van der Waals surface area contributed by atoms with Crippen molar-refractivity contribution in [3.8, 4) is 17.6 Å². The first kappa shape index (κ1) is 58.2. The van der Waals surface area contributed by atoms with Gasteiger partial charge in [0.2, 0.25) is 5.91 Å². The number of guanidine groups is 1. The average molecular weight is 1090 g/mol. The molecule has 15 heteroatoms. The predicted octanol–water partition coefficient (Wildman–Crippen LogP) is 5.90. The van der Waals surface area contributed by atoms with E-state index in [1.807, 2.05) is 93.6 Å². The Balaban J connectivity index is 1.14. The number of fused-ring (bicyclic) bond motifs is 6. The molecule has 14 N–H and O–H groups in total. The number of nitrogens with one attached hydrogen (secondary N) is 2. The van der Waals surface area contributed by atoms with E-state index in [-0.39, 0.29) is 69.5 Å². The SMILES string of the molecule is C=C1C=C2C=CC3(CCC4(C5CCC(O)Cc6cccc(c6)CC(C(CN=C(N)N)c6ccc(O)cc6)C(O)CNC6C(=O)NC(N)c7cccc(c76)CC(=O)C(C)=C5CCC4(C)O)C3O)C(=C2)COCC#CCC(C)=CCC1O. The number of β-amino-alcohol motifs (C(OH)–C–C–N with tert-alkyl or cyclic N) is 1. The molecular weight excluding hydrogens is 1010 g/mol. The lowest BCUT2D eigenvalue weighted by molar-refractivity contribution is -0.174. The summed E-state index contributed by atoms with van der Waals surface area (Å²) in [5, 5.41) is 79.0. The summed E-state index contributed by atoms with van der Waals surface area (Å²) in [5.74, 6) is 4.02. The number of aliphatic hydroxyl groups excluding tert-OH is 4. The minimum atomic E-state index is -1.43. The first-order chi connectivity index (χ1) is 38.2. The fourth-order valence-electron chi connectivity index (χ4n) is 14.0. The number of rotatable bonds is 4. The molecule has 3 aliphatic heterocycles. The molecule has 4 bridgehead atoms. The molecule has 0 aromatic heterocycles. The van der Waals surface area contributed by atoms with Crippen LogP contribution in [-0.4, -0.2) is 105 Å². The van der Waals surface area contributed by atoms with Gasteiger partial charge in [-0.3, -0.25) is 19.9 Å². The van der Waals surface area contributed by atoms with Crippen LogP contribution in [0.15, 0.2) is 142 Å². The highest BCUT2D eigenvalue weighted by Crippen LogP contribution is 2.67. The highest BCUT2D eigenvalue weighted by molar-refractivity contribution is 5.98. The zero-order chi connectivity index (χ0) is 57.1. The van der Waals surface area contributed by atoms with Crippen LogP contribution >= 0.6 is 0 Å². The third-order valence-corrected chi connectivity index (χ3v) is 18.5. The number of nitrogens with two attached hydrogens (primary N) is 3. The van der Waals surface area contributed by atoms with Gasteiger partial charge >= 0.3 is 0 Å². The maximum absolute atomic E-state index is 15.2. The number of ketones is 1. The van der Waals surface area contributed by atoms with Crippen molar-refractivity contribution < 1.29 is 45.0 Å². The van der Waals surface area contributed by atoms with Gasteiger partial charge in [-0.05, 0) is 164 Å². The second-order valence-corrected chi connectivity index (χ2v) is 23.5. The van der Waals surface area contributed by atoms with Crippen LogP contribution in [0.25, 0.3) is 0 Å². The normalized spacial score (nSPS) is 32.1. The number of hydrogen-bond acceptors (Lipinski definition) is 12. The summed E-state index contributed by atoms with van der Waals surface area (Å²) >= 11 is 0. The number of aromatic hydroxyl groups is 1. The van der Waals surface area contributed by atoms with Crippen LogP contribution in [0.3, 0.4) is 0 Å². The van der Waals surface area contributed by atoms with E-state index >= 15 is 4.79 Å². The van der Waals surface area contributed by atoms with Crippen molar-refractivity contribution in [2.75, 3.05) is 26.3 Å². The van der Waals surface area contributed by atoms with Gasteiger partial charge in [-0.2, -0.15) is 0 Å². The first-order valence-corrected chi connectivity index (χ1v) is 28.2. The summed E-state index contributed by atoms with van der Waals surface area (Å²) in [6, 6.07) is 19.0. The number of hydrogen-bond donors (Lipinski definition) is 11. The van der Waals surface area contributed by atoms with E-state index in [0.29, 0.717) is 72.8 Å². The van der Waals surface area contributed by atoms with Crippen LogP contribution in [-0.2, 0) is 33.6 Å². The van der Waals surface area contributed by atoms with E-state index in [2.05, 4.69) is 34.0 Å². The Morgan fingerprint density at radius 2 is 1.70 bits per heavy atom. The van der Waals surface area contributed by atoms with Crippen LogP contribution in [0.2, 0.25) is 0 Å². The second-order valence-electron chi connectivity index (χ2n) is 23.5. The van der Waals surface area contributed by atoms with Crippen LogP contribution in [0.5, 0.6) is 5.75 Å². The molecule has 12 atom stereocenters. The van der Waals surface area contributed by atoms with Crippen LogP contribution in [0.4, 0.5) is 0 Å². The van der Waals surface area contributed by atoms with Gasteiger partial charge in [-0.1, -0.05) is 108 Å². The lowest BCUT2D eigenvalue weighted by Crippen LogP contribution is -2.61. The molecule has 12 unspecified atom stereocenters. The van der Waals surface area contributed by atoms with Crippen LogP contribution in [0, 0.1) is 34.5 Å². The average Bonchev–Trinajstić information content (AvgIpc) is 3.97. The van der Waals surface area contributed by atoms with Gasteiger partial charge in [0.15, 0.2) is 11.7 Å². The number of aliphatic imine (C=N–C) groups is 1. The quantitative estimate of drug-likeness (QED) is 0.0629. The Morgan fingerprint density at radius 1 is 0.950 bits per heavy atom. The zero-order valence-electron chi connectivity index (χ0n) is 46.3. The molecule has 424 valence electrons. The molecule has 80 heavy (non-hydrogen) atoms. The number of amides is 1. The number of ether oxygens (including phenoxy) is 1. The van der Waals surface area contributed by atoms with Crippen LogP contribution in [0.1, 0.15) is 124 Å². The second kappa shape index (κ2) is 24.3. The fourth-order valence-corrected chi connectivity index (χ4v) is 14.0.